The van der Waals surface area contributed by atoms with Crippen LogP contribution in [0.2, 0.25) is 0 Å². The predicted molar refractivity (Wildman–Crippen MR) is 77.0 cm³/mol. The number of benzene rings is 2. The van der Waals surface area contributed by atoms with Crippen LogP contribution >= 0.6 is 0 Å². The first-order chi connectivity index (χ1) is 10.1. The van der Waals surface area contributed by atoms with E-state index in [0.29, 0.717) is 5.75 Å². The zero-order valence-electron chi connectivity index (χ0n) is 11.6. The molecule has 0 amide bonds. The van der Waals surface area contributed by atoms with Crippen molar-refractivity contribution in [2.24, 2.45) is 5.73 Å². The summed E-state index contributed by atoms with van der Waals surface area (Å²) in [4.78, 5) is 0. The van der Waals surface area contributed by atoms with Crippen LogP contribution in [-0.2, 0) is 13.0 Å². The molecule has 0 spiro atoms. The second-order valence-corrected chi connectivity index (χ2v) is 5.36. The van der Waals surface area contributed by atoms with Crippen molar-refractivity contribution >= 4 is 0 Å². The zero-order valence-corrected chi connectivity index (χ0v) is 11.6. The van der Waals surface area contributed by atoms with Crippen LogP contribution < -0.4 is 10.5 Å². The molecular formula is C17H17F2NO. The van der Waals surface area contributed by atoms with Gasteiger partial charge in [0.25, 0.3) is 0 Å². The van der Waals surface area contributed by atoms with Gasteiger partial charge in [0.15, 0.2) is 11.6 Å². The molecule has 0 heterocycles. The van der Waals surface area contributed by atoms with Crippen molar-refractivity contribution in [3.8, 4) is 5.75 Å². The van der Waals surface area contributed by atoms with E-state index < -0.39 is 11.6 Å². The summed E-state index contributed by atoms with van der Waals surface area (Å²) in [5.41, 5.74) is 8.65. The highest BCUT2D eigenvalue weighted by atomic mass is 19.2. The molecule has 1 unspecified atom stereocenters. The summed E-state index contributed by atoms with van der Waals surface area (Å²) in [7, 11) is 0. The molecule has 3 rings (SSSR count). The van der Waals surface area contributed by atoms with E-state index in [-0.39, 0.29) is 18.2 Å². The van der Waals surface area contributed by atoms with Gasteiger partial charge in [-0.25, -0.2) is 8.78 Å². The average Bonchev–Trinajstić information content (AvgIpc) is 2.49. The molecule has 0 bridgehead atoms. The minimum absolute atomic E-state index is 0.00236. The molecule has 2 nitrogen and oxygen atoms in total. The molecule has 1 aliphatic carbocycles. The minimum Gasteiger partial charge on any atom is -0.489 e. The Hall–Kier alpha value is -1.94. The summed E-state index contributed by atoms with van der Waals surface area (Å²) in [6.45, 7) is -0.00236. The number of rotatable bonds is 3. The fourth-order valence-electron chi connectivity index (χ4n) is 2.72. The third kappa shape index (κ3) is 2.90. The molecule has 0 aliphatic heterocycles. The smallest absolute Gasteiger partial charge is 0.165 e. The van der Waals surface area contributed by atoms with E-state index in [1.54, 1.807) is 0 Å². The van der Waals surface area contributed by atoms with Crippen molar-refractivity contribution < 1.29 is 13.5 Å². The number of hydrogen-bond donors (Lipinski definition) is 1. The van der Waals surface area contributed by atoms with Crippen molar-refractivity contribution in [2.45, 2.75) is 31.9 Å². The highest BCUT2D eigenvalue weighted by Crippen LogP contribution is 2.31. The average molecular weight is 289 g/mol. The molecule has 4 heteroatoms. The Morgan fingerprint density at radius 3 is 2.90 bits per heavy atom. The monoisotopic (exact) mass is 289 g/mol. The van der Waals surface area contributed by atoms with Crippen LogP contribution in [0.5, 0.6) is 5.75 Å². The van der Waals surface area contributed by atoms with Gasteiger partial charge in [-0.2, -0.15) is 0 Å². The molecule has 1 aliphatic rings. The second-order valence-electron chi connectivity index (χ2n) is 5.36. The van der Waals surface area contributed by atoms with Gasteiger partial charge in [-0.15, -0.1) is 0 Å². The van der Waals surface area contributed by atoms with E-state index in [2.05, 4.69) is 0 Å². The first-order valence-corrected chi connectivity index (χ1v) is 7.09. The van der Waals surface area contributed by atoms with Gasteiger partial charge < -0.3 is 10.5 Å². The van der Waals surface area contributed by atoms with Gasteiger partial charge in [0.1, 0.15) is 12.4 Å². The number of hydrogen-bond acceptors (Lipinski definition) is 2. The maximum absolute atomic E-state index is 13.6. The number of ether oxygens (including phenoxy) is 1. The largest absolute Gasteiger partial charge is 0.489 e. The van der Waals surface area contributed by atoms with E-state index >= 15 is 0 Å². The lowest BCUT2D eigenvalue weighted by Gasteiger charge is -2.22. The number of fused-ring (bicyclic) bond motifs is 1. The fraction of sp³-hybridized carbons (Fsp3) is 0.294. The third-order valence-electron chi connectivity index (χ3n) is 3.90. The Labute approximate surface area is 122 Å². The van der Waals surface area contributed by atoms with Gasteiger partial charge in [0, 0.05) is 11.6 Å². The van der Waals surface area contributed by atoms with E-state index in [1.807, 2.05) is 18.2 Å². The summed E-state index contributed by atoms with van der Waals surface area (Å²) >= 11 is 0. The Bertz CT molecular complexity index is 657. The van der Waals surface area contributed by atoms with Crippen LogP contribution in [0.1, 0.15) is 35.6 Å². The van der Waals surface area contributed by atoms with Crippen LogP contribution in [0, 0.1) is 11.6 Å². The minimum atomic E-state index is -0.858. The van der Waals surface area contributed by atoms with Gasteiger partial charge in [-0.05, 0) is 48.6 Å². The second kappa shape index (κ2) is 5.82. The standard InChI is InChI=1S/C17H17F2NO/c18-15-5-1-4-12(17(15)19)10-21-13-8-7-11-3-2-6-16(20)14(11)9-13/h1,4-5,7-9,16H,2-3,6,10,20H2. The lowest BCUT2D eigenvalue weighted by atomic mass is 9.88. The molecule has 0 aromatic heterocycles. The highest BCUT2D eigenvalue weighted by Gasteiger charge is 2.17. The summed E-state index contributed by atoms with van der Waals surface area (Å²) in [5, 5.41) is 0. The summed E-state index contributed by atoms with van der Waals surface area (Å²) in [6.07, 6.45) is 3.10. The Morgan fingerprint density at radius 2 is 2.05 bits per heavy atom. The molecule has 2 aromatic rings. The number of halogens is 2. The summed E-state index contributed by atoms with van der Waals surface area (Å²) < 4.78 is 32.3. The predicted octanol–water partition coefficient (Wildman–Crippen LogP) is 3.88. The van der Waals surface area contributed by atoms with Crippen LogP contribution in [-0.4, -0.2) is 0 Å². The quantitative estimate of drug-likeness (QED) is 0.930. The van der Waals surface area contributed by atoms with Crippen molar-refractivity contribution in [3.05, 3.63) is 64.7 Å². The fourth-order valence-corrected chi connectivity index (χ4v) is 2.72. The van der Waals surface area contributed by atoms with Crippen molar-refractivity contribution in [3.63, 3.8) is 0 Å². The first-order valence-electron chi connectivity index (χ1n) is 7.09. The van der Waals surface area contributed by atoms with Crippen LogP contribution in [0.3, 0.4) is 0 Å². The van der Waals surface area contributed by atoms with E-state index in [0.717, 1.165) is 30.9 Å². The van der Waals surface area contributed by atoms with Gasteiger partial charge in [-0.1, -0.05) is 18.2 Å². The van der Waals surface area contributed by atoms with E-state index in [4.69, 9.17) is 10.5 Å². The third-order valence-corrected chi connectivity index (χ3v) is 3.90. The zero-order chi connectivity index (χ0) is 14.8. The molecule has 0 fully saturated rings. The Kier molecular flexibility index (Phi) is 3.88. The highest BCUT2D eigenvalue weighted by molar-refractivity contribution is 5.39. The van der Waals surface area contributed by atoms with Gasteiger partial charge in [0.05, 0.1) is 0 Å². The molecule has 0 radical (unpaired) electrons. The molecule has 21 heavy (non-hydrogen) atoms. The van der Waals surface area contributed by atoms with Crippen molar-refractivity contribution in [1.82, 2.24) is 0 Å². The van der Waals surface area contributed by atoms with E-state index in [9.17, 15) is 8.78 Å². The van der Waals surface area contributed by atoms with Gasteiger partial charge in [-0.3, -0.25) is 0 Å². The summed E-state index contributed by atoms with van der Waals surface area (Å²) in [6, 6.07) is 9.89. The molecule has 2 aromatic carbocycles. The Balaban J connectivity index is 1.77. The molecule has 0 saturated carbocycles. The first kappa shape index (κ1) is 14.0. The maximum atomic E-state index is 13.6. The van der Waals surface area contributed by atoms with Crippen LogP contribution in [0.15, 0.2) is 36.4 Å². The SMILES string of the molecule is NC1CCCc2ccc(OCc3cccc(F)c3F)cc21. The number of nitrogens with two attached hydrogens (primary N) is 1. The maximum Gasteiger partial charge on any atom is 0.165 e. The normalized spacial score (nSPS) is 17.4. The number of aryl methyl sites for hydroxylation is 1. The van der Waals surface area contributed by atoms with Gasteiger partial charge in [0.2, 0.25) is 0 Å². The van der Waals surface area contributed by atoms with Crippen molar-refractivity contribution in [1.29, 1.82) is 0 Å². The molecule has 2 N–H and O–H groups in total. The lowest BCUT2D eigenvalue weighted by Crippen LogP contribution is -2.17. The lowest BCUT2D eigenvalue weighted by molar-refractivity contribution is 0.296. The van der Waals surface area contributed by atoms with Crippen LogP contribution in [0.25, 0.3) is 0 Å². The van der Waals surface area contributed by atoms with Crippen molar-refractivity contribution in [2.75, 3.05) is 0 Å². The van der Waals surface area contributed by atoms with Gasteiger partial charge >= 0.3 is 0 Å². The molecule has 1 atom stereocenters. The van der Waals surface area contributed by atoms with Crippen LogP contribution in [0.4, 0.5) is 8.78 Å². The Morgan fingerprint density at radius 1 is 1.19 bits per heavy atom. The molecule has 110 valence electrons. The summed E-state index contributed by atoms with van der Waals surface area (Å²) in [5.74, 6) is -1.08. The molecule has 0 saturated heterocycles. The van der Waals surface area contributed by atoms with E-state index in [1.165, 1.54) is 17.7 Å². The molecular weight excluding hydrogens is 272 g/mol. The topological polar surface area (TPSA) is 35.2 Å².